The lowest BCUT2D eigenvalue weighted by molar-refractivity contribution is 0.0620. The number of nitrogens with one attached hydrogen (secondary N) is 2. The molecule has 27 heavy (non-hydrogen) atoms. The fourth-order valence-electron chi connectivity index (χ4n) is 3.02. The SMILES string of the molecule is CC1(C)CC(=O)c2cc(NS(=O)(=O)c3ccc4[nH]c(=O)oc4c3)ccc2O1. The molecule has 0 saturated heterocycles. The van der Waals surface area contributed by atoms with Crippen LogP contribution in [0.25, 0.3) is 11.1 Å². The molecule has 4 rings (SSSR count). The summed E-state index contributed by atoms with van der Waals surface area (Å²) in [7, 11) is -3.94. The van der Waals surface area contributed by atoms with Crippen LogP contribution >= 0.6 is 0 Å². The molecule has 0 atom stereocenters. The third-order valence-corrected chi connectivity index (χ3v) is 5.59. The third-order valence-electron chi connectivity index (χ3n) is 4.21. The van der Waals surface area contributed by atoms with Gasteiger partial charge in [0.25, 0.3) is 10.0 Å². The minimum Gasteiger partial charge on any atom is -0.487 e. The summed E-state index contributed by atoms with van der Waals surface area (Å²) in [5.41, 5.74) is 0.515. The number of hydrogen-bond acceptors (Lipinski definition) is 6. The van der Waals surface area contributed by atoms with Crippen molar-refractivity contribution in [3.8, 4) is 5.75 Å². The summed E-state index contributed by atoms with van der Waals surface area (Å²) in [4.78, 5) is 25.9. The minimum absolute atomic E-state index is 0.0702. The number of carbonyl (C=O) groups excluding carboxylic acids is 1. The van der Waals surface area contributed by atoms with Crippen molar-refractivity contribution in [3.63, 3.8) is 0 Å². The molecule has 0 spiro atoms. The Labute approximate surface area is 154 Å². The molecular formula is C18H16N2O6S. The van der Waals surface area contributed by atoms with Gasteiger partial charge >= 0.3 is 5.76 Å². The Balaban J connectivity index is 1.67. The van der Waals surface area contributed by atoms with Crippen LogP contribution in [-0.4, -0.2) is 24.8 Å². The first-order chi connectivity index (χ1) is 12.6. The van der Waals surface area contributed by atoms with Gasteiger partial charge in [0, 0.05) is 11.8 Å². The molecule has 0 bridgehead atoms. The lowest BCUT2D eigenvalue weighted by Gasteiger charge is -2.31. The van der Waals surface area contributed by atoms with Crippen LogP contribution in [0.2, 0.25) is 0 Å². The molecule has 0 saturated carbocycles. The van der Waals surface area contributed by atoms with E-state index in [1.165, 1.54) is 30.3 Å². The Bertz CT molecular complexity index is 1240. The zero-order chi connectivity index (χ0) is 19.4. The molecule has 2 N–H and O–H groups in total. The number of aromatic amines is 1. The number of rotatable bonds is 3. The standard InChI is InChI=1S/C18H16N2O6S/c1-18(2)9-14(21)12-7-10(3-6-15(12)26-18)20-27(23,24)11-4-5-13-16(8-11)25-17(22)19-13/h3-8,20H,9H2,1-2H3,(H,19,22). The van der Waals surface area contributed by atoms with E-state index in [0.29, 0.717) is 16.8 Å². The summed E-state index contributed by atoms with van der Waals surface area (Å²) < 4.78 is 38.4. The summed E-state index contributed by atoms with van der Waals surface area (Å²) in [6.07, 6.45) is 0.208. The highest BCUT2D eigenvalue weighted by Gasteiger charge is 2.32. The van der Waals surface area contributed by atoms with Crippen molar-refractivity contribution in [1.29, 1.82) is 0 Å². The number of ketones is 1. The fraction of sp³-hybridized carbons (Fsp3) is 0.222. The number of hydrogen-bond donors (Lipinski definition) is 2. The Morgan fingerprint density at radius 1 is 1.11 bits per heavy atom. The number of Topliss-reactive ketones (excluding diaryl/α,β-unsaturated/α-hetero) is 1. The van der Waals surface area contributed by atoms with E-state index >= 15 is 0 Å². The molecule has 0 aliphatic carbocycles. The molecule has 0 radical (unpaired) electrons. The number of ether oxygens (including phenoxy) is 1. The van der Waals surface area contributed by atoms with Gasteiger partial charge in [0.2, 0.25) is 0 Å². The van der Waals surface area contributed by atoms with E-state index in [0.717, 1.165) is 0 Å². The number of sulfonamides is 1. The van der Waals surface area contributed by atoms with Gasteiger partial charge in [0.1, 0.15) is 11.4 Å². The monoisotopic (exact) mass is 388 g/mol. The van der Waals surface area contributed by atoms with Crippen LogP contribution in [0.5, 0.6) is 5.75 Å². The molecule has 3 aromatic rings. The van der Waals surface area contributed by atoms with Gasteiger partial charge in [-0.3, -0.25) is 14.5 Å². The predicted molar refractivity (Wildman–Crippen MR) is 97.7 cm³/mol. The van der Waals surface area contributed by atoms with Crippen LogP contribution in [0.3, 0.4) is 0 Å². The normalized spacial score (nSPS) is 16.0. The second-order valence-electron chi connectivity index (χ2n) is 6.95. The van der Waals surface area contributed by atoms with Gasteiger partial charge in [0.15, 0.2) is 11.4 Å². The molecule has 2 heterocycles. The smallest absolute Gasteiger partial charge is 0.417 e. The number of anilines is 1. The van der Waals surface area contributed by atoms with Gasteiger partial charge in [-0.15, -0.1) is 0 Å². The molecule has 2 aromatic carbocycles. The van der Waals surface area contributed by atoms with Gasteiger partial charge < -0.3 is 9.15 Å². The van der Waals surface area contributed by atoms with Crippen LogP contribution in [-0.2, 0) is 10.0 Å². The van der Waals surface area contributed by atoms with E-state index in [1.54, 1.807) is 6.07 Å². The van der Waals surface area contributed by atoms with Gasteiger partial charge in [-0.05, 0) is 44.2 Å². The van der Waals surface area contributed by atoms with Crippen molar-refractivity contribution in [1.82, 2.24) is 4.98 Å². The van der Waals surface area contributed by atoms with Crippen molar-refractivity contribution in [2.24, 2.45) is 0 Å². The predicted octanol–water partition coefficient (Wildman–Crippen LogP) is 2.67. The summed E-state index contributed by atoms with van der Waals surface area (Å²) in [5.74, 6) is -0.351. The van der Waals surface area contributed by atoms with Crippen LogP contribution < -0.4 is 15.2 Å². The number of aromatic nitrogens is 1. The zero-order valence-electron chi connectivity index (χ0n) is 14.5. The maximum absolute atomic E-state index is 12.6. The van der Waals surface area contributed by atoms with Crippen LogP contribution in [0.1, 0.15) is 30.6 Å². The molecule has 1 aliphatic heterocycles. The van der Waals surface area contributed by atoms with E-state index < -0.39 is 21.4 Å². The average molecular weight is 388 g/mol. The summed E-state index contributed by atoms with van der Waals surface area (Å²) in [5, 5.41) is 0. The molecule has 0 amide bonds. The number of H-pyrrole nitrogens is 1. The Hall–Kier alpha value is -3.07. The van der Waals surface area contributed by atoms with Gasteiger partial charge in [-0.2, -0.15) is 0 Å². The summed E-state index contributed by atoms with van der Waals surface area (Å²) in [6, 6.07) is 8.61. The Kier molecular flexibility index (Phi) is 3.67. The Morgan fingerprint density at radius 3 is 2.67 bits per heavy atom. The minimum atomic E-state index is -3.94. The molecule has 140 valence electrons. The van der Waals surface area contributed by atoms with Crippen LogP contribution in [0.4, 0.5) is 5.69 Å². The maximum Gasteiger partial charge on any atom is 0.417 e. The Morgan fingerprint density at radius 2 is 1.89 bits per heavy atom. The van der Waals surface area contributed by atoms with E-state index in [-0.39, 0.29) is 28.4 Å². The van der Waals surface area contributed by atoms with Crippen molar-refractivity contribution in [2.45, 2.75) is 30.8 Å². The molecule has 0 unspecified atom stereocenters. The molecule has 0 fully saturated rings. The van der Waals surface area contributed by atoms with E-state index in [4.69, 9.17) is 9.15 Å². The van der Waals surface area contributed by atoms with E-state index in [1.807, 2.05) is 13.8 Å². The van der Waals surface area contributed by atoms with E-state index in [9.17, 15) is 18.0 Å². The van der Waals surface area contributed by atoms with Crippen molar-refractivity contribution in [2.75, 3.05) is 4.72 Å². The van der Waals surface area contributed by atoms with Crippen molar-refractivity contribution >= 4 is 32.6 Å². The van der Waals surface area contributed by atoms with Crippen molar-refractivity contribution < 1.29 is 22.4 Å². The quantitative estimate of drug-likeness (QED) is 0.712. The molecule has 1 aromatic heterocycles. The van der Waals surface area contributed by atoms with Gasteiger partial charge in [0.05, 0.1) is 22.4 Å². The topological polar surface area (TPSA) is 118 Å². The second-order valence-corrected chi connectivity index (χ2v) is 8.63. The number of carbonyl (C=O) groups is 1. The first-order valence-corrected chi connectivity index (χ1v) is 9.63. The van der Waals surface area contributed by atoms with Crippen LogP contribution in [0.15, 0.2) is 50.5 Å². The zero-order valence-corrected chi connectivity index (χ0v) is 15.3. The maximum atomic E-state index is 12.6. The molecule has 9 heteroatoms. The van der Waals surface area contributed by atoms with Crippen molar-refractivity contribution in [3.05, 3.63) is 52.5 Å². The highest BCUT2D eigenvalue weighted by atomic mass is 32.2. The molecule has 1 aliphatic rings. The highest BCUT2D eigenvalue weighted by molar-refractivity contribution is 7.92. The lowest BCUT2D eigenvalue weighted by atomic mass is 9.93. The second kappa shape index (κ2) is 5.71. The number of oxazole rings is 1. The van der Waals surface area contributed by atoms with Crippen LogP contribution in [0, 0.1) is 0 Å². The lowest BCUT2D eigenvalue weighted by Crippen LogP contribution is -2.35. The van der Waals surface area contributed by atoms with E-state index in [2.05, 4.69) is 9.71 Å². The average Bonchev–Trinajstić information content (AvgIpc) is 2.93. The summed E-state index contributed by atoms with van der Waals surface area (Å²) in [6.45, 7) is 3.64. The van der Waals surface area contributed by atoms with Gasteiger partial charge in [-0.25, -0.2) is 13.2 Å². The molecule has 8 nitrogen and oxygen atoms in total. The highest BCUT2D eigenvalue weighted by Crippen LogP contribution is 2.35. The summed E-state index contributed by atoms with van der Waals surface area (Å²) >= 11 is 0. The largest absolute Gasteiger partial charge is 0.487 e. The van der Waals surface area contributed by atoms with Gasteiger partial charge in [-0.1, -0.05) is 0 Å². The first-order valence-electron chi connectivity index (χ1n) is 8.15. The number of fused-ring (bicyclic) bond motifs is 2. The third kappa shape index (κ3) is 3.21. The fourth-order valence-corrected chi connectivity index (χ4v) is 4.09. The first kappa shape index (κ1) is 17.3. The molecular weight excluding hydrogens is 372 g/mol. The number of benzene rings is 2.